The summed E-state index contributed by atoms with van der Waals surface area (Å²) in [5, 5.41) is 9.09. The van der Waals surface area contributed by atoms with Crippen LogP contribution in [0.4, 0.5) is 0 Å². The van der Waals surface area contributed by atoms with E-state index < -0.39 is 16.9 Å². The number of aldehydes is 2. The van der Waals surface area contributed by atoms with Crippen LogP contribution in [0.5, 0.6) is 5.75 Å². The van der Waals surface area contributed by atoms with Crippen molar-refractivity contribution in [3.05, 3.63) is 27.3 Å². The molecule has 1 aromatic heterocycles. The van der Waals surface area contributed by atoms with Crippen LogP contribution in [0.25, 0.3) is 0 Å². The lowest BCUT2D eigenvalue weighted by Crippen LogP contribution is -2.12. The Labute approximate surface area is 82.9 Å². The van der Waals surface area contributed by atoms with Gasteiger partial charge in [0, 0.05) is 0 Å². The number of halogens is 1. The van der Waals surface area contributed by atoms with Crippen molar-refractivity contribution in [1.82, 2.24) is 0 Å². The molecule has 0 amide bonds. The first-order chi connectivity index (χ1) is 6.65. The zero-order valence-corrected chi connectivity index (χ0v) is 7.58. The molecule has 5 nitrogen and oxygen atoms in total. The molecule has 6 heteroatoms. The molecule has 1 N–H and O–H groups in total. The summed E-state index contributed by atoms with van der Waals surface area (Å²) in [6.45, 7) is 0. The molecule has 0 unspecified atom stereocenters. The molecule has 1 rings (SSSR count). The lowest BCUT2D eigenvalue weighted by atomic mass is 10.2. The van der Waals surface area contributed by atoms with Crippen molar-refractivity contribution in [1.29, 1.82) is 0 Å². The van der Waals surface area contributed by atoms with Gasteiger partial charge in [0.2, 0.25) is 16.9 Å². The molecule has 0 atom stereocenters. The van der Waals surface area contributed by atoms with Crippen LogP contribution in [-0.2, 0) is 5.88 Å². The highest BCUT2D eigenvalue weighted by Gasteiger charge is 2.16. The Morgan fingerprint density at radius 3 is 2.43 bits per heavy atom. The van der Waals surface area contributed by atoms with Crippen LogP contribution in [-0.4, -0.2) is 17.7 Å². The lowest BCUT2D eigenvalue weighted by molar-refractivity contribution is 0.108. The Bertz CT molecular complexity index is 434. The molecule has 74 valence electrons. The van der Waals surface area contributed by atoms with E-state index in [1.807, 2.05) is 0 Å². The third-order valence-corrected chi connectivity index (χ3v) is 1.82. The van der Waals surface area contributed by atoms with Crippen LogP contribution < -0.4 is 5.43 Å². The predicted octanol–water partition coefficient (Wildman–Crippen LogP) is 0.709. The summed E-state index contributed by atoms with van der Waals surface area (Å²) in [5.41, 5.74) is -1.33. The largest absolute Gasteiger partial charge is 0.501 e. The second-order valence-corrected chi connectivity index (χ2v) is 2.62. The molecule has 0 aliphatic rings. The van der Waals surface area contributed by atoms with Gasteiger partial charge in [-0.25, -0.2) is 0 Å². The molecular weight excluding hydrogens is 212 g/mol. The van der Waals surface area contributed by atoms with E-state index in [1.165, 1.54) is 0 Å². The van der Waals surface area contributed by atoms with Gasteiger partial charge in [0.15, 0.2) is 12.6 Å². The third-order valence-electron chi connectivity index (χ3n) is 1.57. The maximum atomic E-state index is 11.2. The van der Waals surface area contributed by atoms with Crippen molar-refractivity contribution >= 4 is 24.2 Å². The fourth-order valence-electron chi connectivity index (χ4n) is 0.901. The van der Waals surface area contributed by atoms with E-state index in [-0.39, 0.29) is 29.8 Å². The van der Waals surface area contributed by atoms with Gasteiger partial charge in [-0.1, -0.05) is 0 Å². The normalized spacial score (nSPS) is 9.79. The number of carbonyl (C=O) groups excluding carboxylic acids is 2. The van der Waals surface area contributed by atoms with Gasteiger partial charge in [-0.15, -0.1) is 11.6 Å². The Morgan fingerprint density at radius 2 is 2.00 bits per heavy atom. The van der Waals surface area contributed by atoms with E-state index >= 15 is 0 Å². The molecule has 0 fully saturated rings. The molecular formula is C8H5ClO5. The van der Waals surface area contributed by atoms with Gasteiger partial charge in [-0.3, -0.25) is 14.4 Å². The second kappa shape index (κ2) is 4.06. The quantitative estimate of drug-likeness (QED) is 0.594. The molecule has 1 heterocycles. The fourth-order valence-corrected chi connectivity index (χ4v) is 1.10. The average Bonchev–Trinajstić information content (AvgIpc) is 2.21. The van der Waals surface area contributed by atoms with Crippen LogP contribution in [0, 0.1) is 0 Å². The zero-order valence-electron chi connectivity index (χ0n) is 6.82. The van der Waals surface area contributed by atoms with Gasteiger partial charge < -0.3 is 9.52 Å². The van der Waals surface area contributed by atoms with Crippen molar-refractivity contribution in [2.75, 3.05) is 0 Å². The van der Waals surface area contributed by atoms with Crippen LogP contribution >= 0.6 is 11.6 Å². The summed E-state index contributed by atoms with van der Waals surface area (Å²) in [4.78, 5) is 32.0. The Balaban J connectivity index is 3.62. The minimum Gasteiger partial charge on any atom is -0.501 e. The van der Waals surface area contributed by atoms with Gasteiger partial charge >= 0.3 is 0 Å². The van der Waals surface area contributed by atoms with Crippen molar-refractivity contribution in [3.8, 4) is 5.75 Å². The minimum atomic E-state index is -0.955. The standard InChI is InChI=1S/C8H5ClO5/c9-1-5-4(2-10)7(12)8(13)6(3-11)14-5/h2-3,13H,1H2. The summed E-state index contributed by atoms with van der Waals surface area (Å²) in [5.74, 6) is -1.77. The maximum Gasteiger partial charge on any atom is 0.238 e. The van der Waals surface area contributed by atoms with E-state index in [0.29, 0.717) is 0 Å². The summed E-state index contributed by atoms with van der Waals surface area (Å²) in [6, 6.07) is 0. The number of hydrogen-bond acceptors (Lipinski definition) is 5. The van der Waals surface area contributed by atoms with Crippen molar-refractivity contribution in [3.63, 3.8) is 0 Å². The lowest BCUT2D eigenvalue weighted by Gasteiger charge is -2.01. The molecule has 0 aliphatic heterocycles. The van der Waals surface area contributed by atoms with Gasteiger partial charge in [-0.05, 0) is 0 Å². The van der Waals surface area contributed by atoms with E-state index in [9.17, 15) is 14.4 Å². The molecule has 0 spiro atoms. The highest BCUT2D eigenvalue weighted by Crippen LogP contribution is 2.15. The first kappa shape index (κ1) is 10.5. The number of hydrogen-bond donors (Lipinski definition) is 1. The van der Waals surface area contributed by atoms with Crippen molar-refractivity contribution < 1.29 is 19.1 Å². The average molecular weight is 217 g/mol. The minimum absolute atomic E-state index is 0.133. The molecule has 0 radical (unpaired) electrons. The van der Waals surface area contributed by atoms with Gasteiger partial charge in [-0.2, -0.15) is 0 Å². The fraction of sp³-hybridized carbons (Fsp3) is 0.125. The van der Waals surface area contributed by atoms with E-state index in [4.69, 9.17) is 21.1 Å². The van der Waals surface area contributed by atoms with Crippen LogP contribution in [0.3, 0.4) is 0 Å². The van der Waals surface area contributed by atoms with E-state index in [2.05, 4.69) is 0 Å². The number of carbonyl (C=O) groups is 2. The van der Waals surface area contributed by atoms with Gasteiger partial charge in [0.1, 0.15) is 11.3 Å². The van der Waals surface area contributed by atoms with E-state index in [1.54, 1.807) is 0 Å². The first-order valence-electron chi connectivity index (χ1n) is 3.51. The zero-order chi connectivity index (χ0) is 10.7. The SMILES string of the molecule is O=Cc1oc(CCl)c(C=O)c(=O)c1O. The highest BCUT2D eigenvalue weighted by atomic mass is 35.5. The monoisotopic (exact) mass is 216 g/mol. The predicted molar refractivity (Wildman–Crippen MR) is 47.0 cm³/mol. The summed E-state index contributed by atoms with van der Waals surface area (Å²) >= 11 is 5.38. The van der Waals surface area contributed by atoms with Gasteiger partial charge in [0.25, 0.3) is 0 Å². The third kappa shape index (κ3) is 1.54. The van der Waals surface area contributed by atoms with Gasteiger partial charge in [0.05, 0.1) is 5.88 Å². The summed E-state index contributed by atoms with van der Waals surface area (Å²) < 4.78 is 4.73. The topological polar surface area (TPSA) is 84.6 Å². The first-order valence-corrected chi connectivity index (χ1v) is 4.04. The van der Waals surface area contributed by atoms with Crippen LogP contribution in [0.1, 0.15) is 26.7 Å². The number of alkyl halides is 1. The van der Waals surface area contributed by atoms with Crippen molar-refractivity contribution in [2.24, 2.45) is 0 Å². The summed E-state index contributed by atoms with van der Waals surface area (Å²) in [7, 11) is 0. The highest BCUT2D eigenvalue weighted by molar-refractivity contribution is 6.17. The molecule has 1 aromatic rings. The second-order valence-electron chi connectivity index (χ2n) is 2.35. The smallest absolute Gasteiger partial charge is 0.238 e. The molecule has 0 aliphatic carbocycles. The number of aromatic hydroxyl groups is 1. The Kier molecular flexibility index (Phi) is 3.03. The molecule has 0 saturated heterocycles. The molecule has 0 bridgehead atoms. The Morgan fingerprint density at radius 1 is 1.36 bits per heavy atom. The van der Waals surface area contributed by atoms with Crippen molar-refractivity contribution in [2.45, 2.75) is 5.88 Å². The Hall–Kier alpha value is -1.62. The van der Waals surface area contributed by atoms with Crippen LogP contribution in [0.15, 0.2) is 9.21 Å². The van der Waals surface area contributed by atoms with E-state index in [0.717, 1.165) is 0 Å². The van der Waals surface area contributed by atoms with Crippen LogP contribution in [0.2, 0.25) is 0 Å². The molecule has 0 saturated carbocycles. The maximum absolute atomic E-state index is 11.2. The molecule has 0 aromatic carbocycles. The summed E-state index contributed by atoms with van der Waals surface area (Å²) in [6.07, 6.45) is 0.388. The molecule has 14 heavy (non-hydrogen) atoms. The number of rotatable bonds is 3.